The number of nitrogens with one attached hydrogen (secondary N) is 1. The van der Waals surface area contributed by atoms with Gasteiger partial charge in [-0.25, -0.2) is 0 Å². The highest BCUT2D eigenvalue weighted by Crippen LogP contribution is 2.18. The summed E-state index contributed by atoms with van der Waals surface area (Å²) in [5, 5.41) is 12.7. The number of aliphatic hydroxyl groups is 1. The van der Waals surface area contributed by atoms with Crippen molar-refractivity contribution < 1.29 is 14.6 Å². The van der Waals surface area contributed by atoms with Crippen LogP contribution in [0.1, 0.15) is 21.5 Å². The summed E-state index contributed by atoms with van der Waals surface area (Å²) in [6.45, 7) is 4.71. The molecule has 2 aromatic rings. The Hall–Kier alpha value is -2.37. The smallest absolute Gasteiger partial charge is 0.255 e. The molecule has 0 aliphatic carbocycles. The molecule has 1 atom stereocenters. The summed E-state index contributed by atoms with van der Waals surface area (Å²) in [5.41, 5.74) is 3.45. The second kappa shape index (κ2) is 8.65. The summed E-state index contributed by atoms with van der Waals surface area (Å²) in [6.07, 6.45) is -0.543. The molecule has 1 unspecified atom stereocenters. The van der Waals surface area contributed by atoms with Gasteiger partial charge in [0.1, 0.15) is 18.5 Å². The number of anilines is 1. The van der Waals surface area contributed by atoms with Crippen molar-refractivity contribution in [2.24, 2.45) is 0 Å². The second-order valence-electron chi connectivity index (χ2n) is 6.45. The van der Waals surface area contributed by atoms with E-state index in [-0.39, 0.29) is 12.5 Å². The minimum absolute atomic E-state index is 0.128. The Labute approximate surface area is 149 Å². The van der Waals surface area contributed by atoms with Crippen molar-refractivity contribution in [2.75, 3.05) is 32.6 Å². The lowest BCUT2D eigenvalue weighted by atomic mass is 10.0. The Bertz CT molecular complexity index is 711. The fourth-order valence-corrected chi connectivity index (χ4v) is 2.50. The molecule has 0 fully saturated rings. The van der Waals surface area contributed by atoms with Crippen molar-refractivity contribution in [3.05, 3.63) is 59.2 Å². The van der Waals surface area contributed by atoms with Crippen LogP contribution in [0.5, 0.6) is 5.75 Å². The van der Waals surface area contributed by atoms with Crippen LogP contribution in [0.15, 0.2) is 42.5 Å². The first-order valence-corrected chi connectivity index (χ1v) is 8.30. The molecule has 5 nitrogen and oxygen atoms in total. The highest BCUT2D eigenvalue weighted by Gasteiger charge is 2.11. The molecule has 5 heteroatoms. The topological polar surface area (TPSA) is 61.8 Å². The molecule has 0 bridgehead atoms. The molecule has 0 aliphatic heterocycles. The van der Waals surface area contributed by atoms with Crippen LogP contribution in [-0.4, -0.2) is 49.3 Å². The first kappa shape index (κ1) is 19.0. The van der Waals surface area contributed by atoms with Crippen LogP contribution in [0.3, 0.4) is 0 Å². The lowest BCUT2D eigenvalue weighted by Crippen LogP contribution is -2.30. The predicted molar refractivity (Wildman–Crippen MR) is 100 cm³/mol. The summed E-state index contributed by atoms with van der Waals surface area (Å²) in [7, 11) is 3.80. The lowest BCUT2D eigenvalue weighted by molar-refractivity contribution is 0.0831. The quantitative estimate of drug-likeness (QED) is 0.812. The van der Waals surface area contributed by atoms with Crippen molar-refractivity contribution in [1.29, 1.82) is 0 Å². The van der Waals surface area contributed by atoms with Crippen LogP contribution in [0, 0.1) is 13.8 Å². The van der Waals surface area contributed by atoms with Crippen molar-refractivity contribution in [3.63, 3.8) is 0 Å². The molecule has 0 aliphatic rings. The number of nitrogens with zero attached hydrogens (tertiary/aromatic N) is 1. The zero-order valence-corrected chi connectivity index (χ0v) is 15.2. The maximum Gasteiger partial charge on any atom is 0.255 e. The van der Waals surface area contributed by atoms with Gasteiger partial charge in [0.2, 0.25) is 0 Å². The van der Waals surface area contributed by atoms with Crippen LogP contribution < -0.4 is 10.1 Å². The van der Waals surface area contributed by atoms with Gasteiger partial charge < -0.3 is 20.1 Å². The molecule has 0 saturated carbocycles. The SMILES string of the molecule is Cc1cccc(C(=O)Nc2ccc(OCC(O)CN(C)C)cc2)c1C. The van der Waals surface area contributed by atoms with Crippen LogP contribution in [0.4, 0.5) is 5.69 Å². The molecule has 0 spiro atoms. The van der Waals surface area contributed by atoms with E-state index in [0.717, 1.165) is 11.1 Å². The van der Waals surface area contributed by atoms with Gasteiger partial charge in [0.05, 0.1) is 0 Å². The fourth-order valence-electron chi connectivity index (χ4n) is 2.50. The van der Waals surface area contributed by atoms with Gasteiger partial charge in [0.15, 0.2) is 0 Å². The van der Waals surface area contributed by atoms with E-state index in [1.165, 1.54) is 0 Å². The van der Waals surface area contributed by atoms with Crippen LogP contribution in [0.25, 0.3) is 0 Å². The van der Waals surface area contributed by atoms with Crippen LogP contribution in [-0.2, 0) is 0 Å². The van der Waals surface area contributed by atoms with E-state index in [1.54, 1.807) is 24.3 Å². The normalized spacial score (nSPS) is 12.1. The Morgan fingerprint density at radius 1 is 1.16 bits per heavy atom. The van der Waals surface area contributed by atoms with Gasteiger partial charge in [-0.3, -0.25) is 4.79 Å². The molecule has 2 aromatic carbocycles. The number of aliphatic hydroxyl groups excluding tert-OH is 1. The maximum atomic E-state index is 12.4. The molecule has 2 rings (SSSR count). The van der Waals surface area contributed by atoms with E-state index >= 15 is 0 Å². The average Bonchev–Trinajstić information content (AvgIpc) is 2.56. The van der Waals surface area contributed by atoms with E-state index in [0.29, 0.717) is 23.5 Å². The number of carbonyl (C=O) groups is 1. The lowest BCUT2D eigenvalue weighted by Gasteiger charge is -2.16. The molecule has 0 aromatic heterocycles. The van der Waals surface area contributed by atoms with E-state index < -0.39 is 6.10 Å². The predicted octanol–water partition coefficient (Wildman–Crippen LogP) is 2.86. The number of amides is 1. The third-order valence-corrected chi connectivity index (χ3v) is 3.98. The maximum absolute atomic E-state index is 12.4. The number of likely N-dealkylation sites (N-methyl/N-ethyl adjacent to an activating group) is 1. The summed E-state index contributed by atoms with van der Waals surface area (Å²) >= 11 is 0. The molecule has 1 amide bonds. The molecular formula is C20H26N2O3. The van der Waals surface area contributed by atoms with Gasteiger partial charge in [-0.05, 0) is 69.4 Å². The van der Waals surface area contributed by atoms with Crippen molar-refractivity contribution in [1.82, 2.24) is 4.90 Å². The molecule has 134 valence electrons. The van der Waals surface area contributed by atoms with E-state index in [1.807, 2.05) is 51.0 Å². The number of hydrogen-bond donors (Lipinski definition) is 2. The van der Waals surface area contributed by atoms with Crippen molar-refractivity contribution in [2.45, 2.75) is 20.0 Å². The minimum Gasteiger partial charge on any atom is -0.491 e. The summed E-state index contributed by atoms with van der Waals surface area (Å²) in [4.78, 5) is 14.3. The summed E-state index contributed by atoms with van der Waals surface area (Å²) in [5.74, 6) is 0.527. The fraction of sp³-hybridized carbons (Fsp3) is 0.350. The Kier molecular flexibility index (Phi) is 6.56. The molecule has 2 N–H and O–H groups in total. The first-order valence-electron chi connectivity index (χ1n) is 8.30. The second-order valence-corrected chi connectivity index (χ2v) is 6.45. The van der Waals surface area contributed by atoms with Gasteiger partial charge in [-0.1, -0.05) is 12.1 Å². The van der Waals surface area contributed by atoms with Gasteiger partial charge in [-0.15, -0.1) is 0 Å². The zero-order valence-electron chi connectivity index (χ0n) is 15.2. The Morgan fingerprint density at radius 2 is 1.84 bits per heavy atom. The number of hydrogen-bond acceptors (Lipinski definition) is 4. The number of aryl methyl sites for hydroxylation is 1. The number of ether oxygens (including phenoxy) is 1. The largest absolute Gasteiger partial charge is 0.491 e. The van der Waals surface area contributed by atoms with E-state index in [4.69, 9.17) is 4.74 Å². The number of benzene rings is 2. The first-order chi connectivity index (χ1) is 11.9. The van der Waals surface area contributed by atoms with E-state index in [9.17, 15) is 9.90 Å². The minimum atomic E-state index is -0.543. The number of carbonyl (C=O) groups excluding carboxylic acids is 1. The summed E-state index contributed by atoms with van der Waals surface area (Å²) < 4.78 is 5.56. The van der Waals surface area contributed by atoms with Gasteiger partial charge in [-0.2, -0.15) is 0 Å². The third-order valence-electron chi connectivity index (χ3n) is 3.98. The van der Waals surface area contributed by atoms with Crippen molar-refractivity contribution >= 4 is 11.6 Å². The monoisotopic (exact) mass is 342 g/mol. The molecule has 0 radical (unpaired) electrons. The van der Waals surface area contributed by atoms with Gasteiger partial charge in [0, 0.05) is 17.8 Å². The van der Waals surface area contributed by atoms with Gasteiger partial charge in [0.25, 0.3) is 5.91 Å². The highest BCUT2D eigenvalue weighted by atomic mass is 16.5. The molecule has 0 heterocycles. The standard InChI is InChI=1S/C20H26N2O3/c1-14-6-5-7-19(15(14)2)20(24)21-16-8-10-18(11-9-16)25-13-17(23)12-22(3)4/h5-11,17,23H,12-13H2,1-4H3,(H,21,24). The van der Waals surface area contributed by atoms with Crippen LogP contribution in [0.2, 0.25) is 0 Å². The Balaban J connectivity index is 1.94. The Morgan fingerprint density at radius 3 is 2.48 bits per heavy atom. The molecular weight excluding hydrogens is 316 g/mol. The number of rotatable bonds is 7. The highest BCUT2D eigenvalue weighted by molar-refractivity contribution is 6.05. The zero-order chi connectivity index (χ0) is 18.4. The molecule has 25 heavy (non-hydrogen) atoms. The van der Waals surface area contributed by atoms with Gasteiger partial charge >= 0.3 is 0 Å². The molecule has 0 saturated heterocycles. The van der Waals surface area contributed by atoms with Crippen LogP contribution >= 0.6 is 0 Å². The average molecular weight is 342 g/mol. The van der Waals surface area contributed by atoms with E-state index in [2.05, 4.69) is 5.32 Å². The summed E-state index contributed by atoms with van der Waals surface area (Å²) in [6, 6.07) is 12.8. The van der Waals surface area contributed by atoms with Crippen molar-refractivity contribution in [3.8, 4) is 5.75 Å². The third kappa shape index (κ3) is 5.59.